The number of hydrogen-bond acceptors (Lipinski definition) is 4. The molecule has 0 bridgehead atoms. The second kappa shape index (κ2) is 6.09. The van der Waals surface area contributed by atoms with Crippen molar-refractivity contribution < 1.29 is 9.90 Å². The topological polar surface area (TPSA) is 82.8 Å². The predicted octanol–water partition coefficient (Wildman–Crippen LogP) is 1.36. The maximum atomic E-state index is 12.4. The summed E-state index contributed by atoms with van der Waals surface area (Å²) < 4.78 is 1.60. The number of nitrogens with one attached hydrogen (secondary N) is 1. The molecule has 0 radical (unpaired) electrons. The number of aromatic nitrogens is 3. The number of amides is 2. The van der Waals surface area contributed by atoms with Crippen LogP contribution in [0.2, 0.25) is 0 Å². The number of piperidine rings is 1. The van der Waals surface area contributed by atoms with Gasteiger partial charge < -0.3 is 10.0 Å². The summed E-state index contributed by atoms with van der Waals surface area (Å²) in [6.45, 7) is 1.62. The Morgan fingerprint density at radius 3 is 3.19 bits per heavy atom. The number of aliphatic hydroxyl groups is 1. The van der Waals surface area contributed by atoms with Gasteiger partial charge in [0.25, 0.3) is 0 Å². The number of hydrogen-bond donors (Lipinski definition) is 2. The zero-order valence-electron chi connectivity index (χ0n) is 11.8. The van der Waals surface area contributed by atoms with Crippen LogP contribution in [0.3, 0.4) is 0 Å². The number of fused-ring (bicyclic) bond motifs is 1. The number of urea groups is 1. The second-order valence-electron chi connectivity index (χ2n) is 5.33. The van der Waals surface area contributed by atoms with E-state index in [1.54, 1.807) is 33.9 Å². The van der Waals surface area contributed by atoms with Crippen molar-refractivity contribution >= 4 is 17.5 Å². The summed E-state index contributed by atoms with van der Waals surface area (Å²) in [4.78, 5) is 18.3. The van der Waals surface area contributed by atoms with Gasteiger partial charge in [0, 0.05) is 32.0 Å². The molecule has 1 fully saturated rings. The highest BCUT2D eigenvalue weighted by Crippen LogP contribution is 2.20. The highest BCUT2D eigenvalue weighted by atomic mass is 16.3. The molecular formula is C14H19N5O2. The van der Waals surface area contributed by atoms with Crippen LogP contribution in [0.4, 0.5) is 10.6 Å². The minimum atomic E-state index is -0.124. The quantitative estimate of drug-likeness (QED) is 0.893. The lowest BCUT2D eigenvalue weighted by Crippen LogP contribution is -2.42. The summed E-state index contributed by atoms with van der Waals surface area (Å²) in [6, 6.07) is 3.39. The first-order valence-corrected chi connectivity index (χ1v) is 7.23. The molecule has 1 aliphatic rings. The number of carbonyl (C=O) groups is 1. The summed E-state index contributed by atoms with van der Waals surface area (Å²) in [5, 5.41) is 16.1. The lowest BCUT2D eigenvalue weighted by molar-refractivity contribution is 0.159. The van der Waals surface area contributed by atoms with Gasteiger partial charge in [0.05, 0.1) is 6.20 Å². The molecule has 112 valence electrons. The minimum Gasteiger partial charge on any atom is -0.396 e. The van der Waals surface area contributed by atoms with Gasteiger partial charge >= 0.3 is 6.03 Å². The maximum Gasteiger partial charge on any atom is 0.323 e. The van der Waals surface area contributed by atoms with Crippen molar-refractivity contribution in [3.05, 3.63) is 24.5 Å². The SMILES string of the molecule is O=C(Nc1ccnc2ccnn12)N1CCCC(CCO)C1. The zero-order valence-corrected chi connectivity index (χ0v) is 11.8. The summed E-state index contributed by atoms with van der Waals surface area (Å²) in [5.41, 5.74) is 0.699. The molecule has 0 aromatic carbocycles. The lowest BCUT2D eigenvalue weighted by Gasteiger charge is -2.32. The van der Waals surface area contributed by atoms with Crippen LogP contribution < -0.4 is 5.32 Å². The van der Waals surface area contributed by atoms with E-state index in [1.165, 1.54) is 0 Å². The van der Waals surface area contributed by atoms with Crippen LogP contribution in [-0.4, -0.2) is 50.3 Å². The average molecular weight is 289 g/mol. The fourth-order valence-corrected chi connectivity index (χ4v) is 2.79. The summed E-state index contributed by atoms with van der Waals surface area (Å²) in [5.74, 6) is 0.996. The summed E-state index contributed by atoms with van der Waals surface area (Å²) in [6.07, 6.45) is 6.10. The first-order chi connectivity index (χ1) is 10.3. The molecule has 0 spiro atoms. The summed E-state index contributed by atoms with van der Waals surface area (Å²) in [7, 11) is 0. The third-order valence-corrected chi connectivity index (χ3v) is 3.87. The van der Waals surface area contributed by atoms with Crippen molar-refractivity contribution in [1.82, 2.24) is 19.5 Å². The van der Waals surface area contributed by atoms with Crippen LogP contribution >= 0.6 is 0 Å². The third kappa shape index (κ3) is 2.97. The standard InChI is InChI=1S/C14H19N5O2/c20-9-5-11-2-1-8-18(10-11)14(21)17-13-3-6-15-12-4-7-16-19(12)13/h3-4,6-7,11,20H,1-2,5,8-10H2,(H,17,21). The van der Waals surface area contributed by atoms with Gasteiger partial charge in [-0.1, -0.05) is 0 Å². The fourth-order valence-electron chi connectivity index (χ4n) is 2.79. The molecule has 0 saturated carbocycles. The Labute approximate surface area is 122 Å². The van der Waals surface area contributed by atoms with Gasteiger partial charge in [-0.05, 0) is 31.2 Å². The molecule has 1 atom stereocenters. The molecule has 3 rings (SSSR count). The van der Waals surface area contributed by atoms with Crippen LogP contribution in [0.1, 0.15) is 19.3 Å². The van der Waals surface area contributed by atoms with E-state index >= 15 is 0 Å². The Balaban J connectivity index is 1.69. The smallest absolute Gasteiger partial charge is 0.323 e. The number of carbonyl (C=O) groups excluding carboxylic acids is 1. The number of likely N-dealkylation sites (tertiary alicyclic amines) is 1. The molecule has 2 aromatic heterocycles. The molecule has 3 heterocycles. The van der Waals surface area contributed by atoms with Gasteiger partial charge in [0.15, 0.2) is 5.65 Å². The number of aliphatic hydroxyl groups excluding tert-OH is 1. The lowest BCUT2D eigenvalue weighted by atomic mass is 9.95. The molecule has 2 N–H and O–H groups in total. The van der Waals surface area contributed by atoms with Crippen molar-refractivity contribution in [2.75, 3.05) is 25.0 Å². The van der Waals surface area contributed by atoms with Crippen molar-refractivity contribution in [3.8, 4) is 0 Å². The number of rotatable bonds is 3. The third-order valence-electron chi connectivity index (χ3n) is 3.87. The molecule has 7 nitrogen and oxygen atoms in total. The molecule has 1 aliphatic heterocycles. The van der Waals surface area contributed by atoms with Gasteiger partial charge in [-0.2, -0.15) is 9.61 Å². The number of nitrogens with zero attached hydrogens (tertiary/aromatic N) is 4. The van der Waals surface area contributed by atoms with E-state index in [-0.39, 0.29) is 12.6 Å². The van der Waals surface area contributed by atoms with Gasteiger partial charge in [-0.3, -0.25) is 5.32 Å². The maximum absolute atomic E-state index is 12.4. The molecular weight excluding hydrogens is 270 g/mol. The van der Waals surface area contributed by atoms with Gasteiger partial charge in [-0.25, -0.2) is 9.78 Å². The van der Waals surface area contributed by atoms with Gasteiger partial charge in [-0.15, -0.1) is 0 Å². The highest BCUT2D eigenvalue weighted by molar-refractivity contribution is 5.88. The molecule has 2 amide bonds. The van der Waals surface area contributed by atoms with Crippen LogP contribution in [0, 0.1) is 5.92 Å². The summed E-state index contributed by atoms with van der Waals surface area (Å²) >= 11 is 0. The molecule has 7 heteroatoms. The second-order valence-corrected chi connectivity index (χ2v) is 5.33. The van der Waals surface area contributed by atoms with Gasteiger partial charge in [0.2, 0.25) is 0 Å². The monoisotopic (exact) mass is 289 g/mol. The minimum absolute atomic E-state index is 0.124. The van der Waals surface area contributed by atoms with E-state index in [0.717, 1.165) is 25.8 Å². The highest BCUT2D eigenvalue weighted by Gasteiger charge is 2.23. The van der Waals surface area contributed by atoms with E-state index in [0.29, 0.717) is 23.9 Å². The molecule has 1 unspecified atom stereocenters. The normalized spacial score (nSPS) is 18.9. The van der Waals surface area contributed by atoms with Crippen LogP contribution in [0.5, 0.6) is 0 Å². The van der Waals surface area contributed by atoms with E-state index in [1.807, 2.05) is 0 Å². The van der Waals surface area contributed by atoms with Crippen LogP contribution in [0.15, 0.2) is 24.5 Å². The zero-order chi connectivity index (χ0) is 14.7. The fraction of sp³-hybridized carbons (Fsp3) is 0.500. The molecule has 0 aliphatic carbocycles. The van der Waals surface area contributed by atoms with E-state index in [4.69, 9.17) is 5.11 Å². The van der Waals surface area contributed by atoms with Crippen molar-refractivity contribution in [1.29, 1.82) is 0 Å². The molecule has 2 aromatic rings. The first-order valence-electron chi connectivity index (χ1n) is 7.23. The Kier molecular flexibility index (Phi) is 4.01. The Hall–Kier alpha value is -2.15. The average Bonchev–Trinajstić information content (AvgIpc) is 2.97. The number of anilines is 1. The Morgan fingerprint density at radius 1 is 1.43 bits per heavy atom. The van der Waals surface area contributed by atoms with Crippen LogP contribution in [-0.2, 0) is 0 Å². The predicted molar refractivity (Wildman–Crippen MR) is 78.0 cm³/mol. The van der Waals surface area contributed by atoms with Gasteiger partial charge in [0.1, 0.15) is 5.82 Å². The first kappa shape index (κ1) is 13.8. The van der Waals surface area contributed by atoms with E-state index < -0.39 is 0 Å². The molecule has 1 saturated heterocycles. The van der Waals surface area contributed by atoms with E-state index in [2.05, 4.69) is 15.4 Å². The van der Waals surface area contributed by atoms with Crippen molar-refractivity contribution in [2.24, 2.45) is 5.92 Å². The van der Waals surface area contributed by atoms with Crippen molar-refractivity contribution in [3.63, 3.8) is 0 Å². The molecule has 21 heavy (non-hydrogen) atoms. The van der Waals surface area contributed by atoms with E-state index in [9.17, 15) is 4.79 Å². The van der Waals surface area contributed by atoms with Crippen molar-refractivity contribution in [2.45, 2.75) is 19.3 Å². The largest absolute Gasteiger partial charge is 0.396 e. The Bertz CT molecular complexity index is 625. The van der Waals surface area contributed by atoms with Crippen LogP contribution in [0.25, 0.3) is 5.65 Å². The Morgan fingerprint density at radius 2 is 2.33 bits per heavy atom.